The molecule has 3 heterocycles. The van der Waals surface area contributed by atoms with E-state index < -0.39 is 11.7 Å². The van der Waals surface area contributed by atoms with Crippen LogP contribution in [0.2, 0.25) is 0 Å². The van der Waals surface area contributed by atoms with Crippen LogP contribution in [0.3, 0.4) is 0 Å². The lowest BCUT2D eigenvalue weighted by molar-refractivity contribution is -0.137. The number of imidazole rings is 1. The van der Waals surface area contributed by atoms with Crippen LogP contribution in [0.5, 0.6) is 17.2 Å². The average molecular weight is 731 g/mol. The van der Waals surface area contributed by atoms with Crippen molar-refractivity contribution in [3.63, 3.8) is 0 Å². The van der Waals surface area contributed by atoms with Crippen molar-refractivity contribution in [2.75, 3.05) is 59.9 Å². The number of halogens is 3. The largest absolute Gasteiger partial charge is 0.493 e. The van der Waals surface area contributed by atoms with Crippen LogP contribution in [0, 0.1) is 0 Å². The van der Waals surface area contributed by atoms with Crippen LogP contribution in [0.25, 0.3) is 11.0 Å². The maximum absolute atomic E-state index is 13.8. The van der Waals surface area contributed by atoms with E-state index in [1.165, 1.54) is 33.5 Å². The standard InChI is InChI=1S/C40H45F3N6O4/c1-47(38(50)29-23-35(51-2)37(53-4)36(24-29)52-3)25-28(27-10-9-11-30(22-27)40(41,42)43)15-19-48-20-16-31(17-21-48)45-39-46-33-13-5-6-14-34(33)49(39)26-32-12-7-8-18-44-32/h5-14,18,22-24,28,31H,15-17,19-21,25-26H2,1-4H3,(H,45,46). The Hall–Kier alpha value is -5.30. The van der Waals surface area contributed by atoms with Gasteiger partial charge in [0.1, 0.15) is 0 Å². The van der Waals surface area contributed by atoms with Crippen LogP contribution in [-0.2, 0) is 12.7 Å². The molecular weight excluding hydrogens is 685 g/mol. The second-order valence-corrected chi connectivity index (χ2v) is 13.3. The van der Waals surface area contributed by atoms with Gasteiger partial charge in [-0.3, -0.25) is 9.78 Å². The predicted octanol–water partition coefficient (Wildman–Crippen LogP) is 7.35. The van der Waals surface area contributed by atoms with E-state index >= 15 is 0 Å². The van der Waals surface area contributed by atoms with Crippen molar-refractivity contribution < 1.29 is 32.2 Å². The molecule has 6 rings (SSSR count). The summed E-state index contributed by atoms with van der Waals surface area (Å²) in [7, 11) is 6.08. The molecule has 0 bridgehead atoms. The van der Waals surface area contributed by atoms with Crippen LogP contribution >= 0.6 is 0 Å². The Morgan fingerprint density at radius 3 is 2.32 bits per heavy atom. The number of rotatable bonds is 14. The number of benzene rings is 3. The summed E-state index contributed by atoms with van der Waals surface area (Å²) in [6.07, 6.45) is -0.376. The van der Waals surface area contributed by atoms with E-state index in [4.69, 9.17) is 19.2 Å². The van der Waals surface area contributed by atoms with Crippen LogP contribution in [0.4, 0.5) is 19.1 Å². The first-order valence-electron chi connectivity index (χ1n) is 17.6. The van der Waals surface area contributed by atoms with Gasteiger partial charge in [-0.2, -0.15) is 13.2 Å². The van der Waals surface area contributed by atoms with Gasteiger partial charge in [0.15, 0.2) is 11.5 Å². The monoisotopic (exact) mass is 730 g/mol. The van der Waals surface area contributed by atoms with Crippen molar-refractivity contribution in [3.05, 3.63) is 107 Å². The smallest absolute Gasteiger partial charge is 0.416 e. The summed E-state index contributed by atoms with van der Waals surface area (Å²) >= 11 is 0. The number of para-hydroxylation sites is 2. The Kier molecular flexibility index (Phi) is 11.7. The molecule has 13 heteroatoms. The highest BCUT2D eigenvalue weighted by atomic mass is 19.4. The number of likely N-dealkylation sites (N-methyl/N-ethyl adjacent to an activating group) is 1. The van der Waals surface area contributed by atoms with Gasteiger partial charge in [-0.15, -0.1) is 0 Å². The minimum absolute atomic E-state index is 0.201. The zero-order chi connectivity index (χ0) is 37.5. The lowest BCUT2D eigenvalue weighted by Crippen LogP contribution is -2.40. The first kappa shape index (κ1) is 37.5. The van der Waals surface area contributed by atoms with Crippen LogP contribution in [0.15, 0.2) is 85.1 Å². The number of carbonyl (C=O) groups is 1. The fraction of sp³-hybridized carbons (Fsp3) is 0.375. The van der Waals surface area contributed by atoms with E-state index in [1.807, 2.05) is 36.4 Å². The number of amides is 1. The Morgan fingerprint density at radius 1 is 0.943 bits per heavy atom. The molecule has 1 fully saturated rings. The maximum Gasteiger partial charge on any atom is 0.416 e. The first-order chi connectivity index (χ1) is 25.6. The lowest BCUT2D eigenvalue weighted by Gasteiger charge is -2.34. The molecule has 1 atom stereocenters. The second kappa shape index (κ2) is 16.6. The van der Waals surface area contributed by atoms with E-state index in [-0.39, 0.29) is 24.4 Å². The molecule has 1 amide bonds. The lowest BCUT2D eigenvalue weighted by atomic mass is 9.92. The van der Waals surface area contributed by atoms with Gasteiger partial charge in [-0.05, 0) is 73.8 Å². The van der Waals surface area contributed by atoms with E-state index in [0.29, 0.717) is 47.9 Å². The van der Waals surface area contributed by atoms with Gasteiger partial charge in [-0.1, -0.05) is 36.4 Å². The zero-order valence-electron chi connectivity index (χ0n) is 30.4. The second-order valence-electron chi connectivity index (χ2n) is 13.3. The number of likely N-dealkylation sites (tertiary alicyclic amines) is 1. The zero-order valence-corrected chi connectivity index (χ0v) is 30.4. The molecule has 10 nitrogen and oxygen atoms in total. The molecule has 5 aromatic rings. The summed E-state index contributed by atoms with van der Waals surface area (Å²) in [5.74, 6) is 1.17. The Morgan fingerprint density at radius 2 is 1.66 bits per heavy atom. The van der Waals surface area contributed by atoms with E-state index in [2.05, 4.69) is 25.8 Å². The summed E-state index contributed by atoms with van der Waals surface area (Å²) in [6, 6.07) is 22.7. The molecule has 1 aliphatic heterocycles. The number of hydrogen-bond donors (Lipinski definition) is 1. The fourth-order valence-corrected chi connectivity index (χ4v) is 6.99. The minimum atomic E-state index is -4.48. The van der Waals surface area contributed by atoms with Crippen LogP contribution in [0.1, 0.15) is 52.4 Å². The molecule has 0 radical (unpaired) electrons. The number of nitrogens with zero attached hydrogens (tertiary/aromatic N) is 5. The first-order valence-corrected chi connectivity index (χ1v) is 17.6. The summed E-state index contributed by atoms with van der Waals surface area (Å²) in [5, 5.41) is 3.69. The van der Waals surface area contributed by atoms with Gasteiger partial charge >= 0.3 is 6.18 Å². The highest BCUT2D eigenvalue weighted by Gasteiger charge is 2.32. The van der Waals surface area contributed by atoms with Crippen LogP contribution in [-0.4, -0.2) is 90.8 Å². The number of methoxy groups -OCH3 is 3. The number of pyridine rings is 1. The van der Waals surface area contributed by atoms with Gasteiger partial charge in [-0.25, -0.2) is 4.98 Å². The highest BCUT2D eigenvalue weighted by molar-refractivity contribution is 5.95. The molecule has 1 aliphatic rings. The van der Waals surface area contributed by atoms with E-state index in [9.17, 15) is 18.0 Å². The predicted molar refractivity (Wildman–Crippen MR) is 198 cm³/mol. The third-order valence-electron chi connectivity index (χ3n) is 9.85. The Bertz CT molecular complexity index is 1970. The van der Waals surface area contributed by atoms with Crippen molar-refractivity contribution >= 4 is 22.9 Å². The number of anilines is 1. The topological polar surface area (TPSA) is 94.0 Å². The Labute approximate surface area is 307 Å². The fourth-order valence-electron chi connectivity index (χ4n) is 6.99. The summed E-state index contributed by atoms with van der Waals surface area (Å²) in [4.78, 5) is 27.0. The van der Waals surface area contributed by atoms with Crippen molar-refractivity contribution in [1.82, 2.24) is 24.3 Å². The molecule has 1 N–H and O–H groups in total. The maximum atomic E-state index is 13.8. The van der Waals surface area contributed by atoms with Crippen molar-refractivity contribution in [2.24, 2.45) is 0 Å². The average Bonchev–Trinajstić information content (AvgIpc) is 3.52. The van der Waals surface area contributed by atoms with E-state index in [1.54, 1.807) is 36.3 Å². The number of piperidine rings is 1. The Balaban J connectivity index is 1.14. The van der Waals surface area contributed by atoms with Gasteiger partial charge in [0.05, 0.1) is 50.2 Å². The third kappa shape index (κ3) is 8.85. The highest BCUT2D eigenvalue weighted by Crippen LogP contribution is 2.39. The molecule has 1 saturated heterocycles. The molecule has 3 aromatic carbocycles. The van der Waals surface area contributed by atoms with Crippen molar-refractivity contribution in [1.29, 1.82) is 0 Å². The van der Waals surface area contributed by atoms with E-state index in [0.717, 1.165) is 54.7 Å². The summed E-state index contributed by atoms with van der Waals surface area (Å²) in [6.45, 7) is 3.09. The molecule has 0 aliphatic carbocycles. The number of nitrogens with one attached hydrogen (secondary N) is 1. The normalized spacial score (nSPS) is 14.5. The molecule has 0 saturated carbocycles. The number of fused-ring (bicyclic) bond motifs is 1. The molecular formula is C40H45F3N6O4. The van der Waals surface area contributed by atoms with Gasteiger partial charge in [0.25, 0.3) is 5.91 Å². The number of aromatic nitrogens is 3. The summed E-state index contributed by atoms with van der Waals surface area (Å²) in [5.41, 5.74) is 3.03. The number of hydrogen-bond acceptors (Lipinski definition) is 8. The van der Waals surface area contributed by atoms with Crippen LogP contribution < -0.4 is 19.5 Å². The van der Waals surface area contributed by atoms with Gasteiger partial charge in [0, 0.05) is 50.4 Å². The molecule has 0 spiro atoms. The molecule has 1 unspecified atom stereocenters. The van der Waals surface area contributed by atoms with Crippen molar-refractivity contribution in [3.8, 4) is 17.2 Å². The molecule has 2 aromatic heterocycles. The van der Waals surface area contributed by atoms with Gasteiger partial charge in [0.2, 0.25) is 11.7 Å². The number of alkyl halides is 3. The molecule has 53 heavy (non-hydrogen) atoms. The van der Waals surface area contributed by atoms with Crippen molar-refractivity contribution in [2.45, 2.75) is 43.9 Å². The SMILES string of the molecule is COc1cc(C(=O)N(C)CC(CCN2CCC(Nc3nc4ccccc4n3Cc3ccccn3)CC2)c2cccc(C(F)(F)F)c2)cc(OC)c1OC. The number of ether oxygens (including phenoxy) is 3. The minimum Gasteiger partial charge on any atom is -0.493 e. The third-order valence-corrected chi connectivity index (χ3v) is 9.85. The summed E-state index contributed by atoms with van der Waals surface area (Å²) < 4.78 is 59.8. The number of carbonyl (C=O) groups excluding carboxylic acids is 1. The molecule has 280 valence electrons. The van der Waals surface area contributed by atoms with Gasteiger partial charge < -0.3 is 33.9 Å². The quantitative estimate of drug-likeness (QED) is 0.127.